The fourth-order valence-electron chi connectivity index (χ4n) is 0.559. The van der Waals surface area contributed by atoms with Gasteiger partial charge >= 0.3 is 0 Å². The average molecular weight is 234 g/mol. The molecule has 1 rings (SSSR count). The highest BCUT2D eigenvalue weighted by molar-refractivity contribution is 9.11. The van der Waals surface area contributed by atoms with E-state index >= 15 is 0 Å². The maximum atomic E-state index is 4.04. The lowest BCUT2D eigenvalue weighted by molar-refractivity contribution is 0.685. The lowest BCUT2D eigenvalue weighted by Gasteiger charge is -1.96. The third-order valence-corrected chi connectivity index (χ3v) is 2.80. The zero-order valence-corrected chi connectivity index (χ0v) is 8.52. The summed E-state index contributed by atoms with van der Waals surface area (Å²) in [6, 6.07) is 0. The van der Waals surface area contributed by atoms with Gasteiger partial charge in [0.25, 0.3) is 0 Å². The first-order valence-corrected chi connectivity index (χ1v) is 4.78. The van der Waals surface area contributed by atoms with Crippen LogP contribution in [0.15, 0.2) is 22.5 Å². The van der Waals surface area contributed by atoms with Crippen molar-refractivity contribution in [3.05, 3.63) is 17.4 Å². The number of aryl methyl sites for hydroxylation is 1. The van der Waals surface area contributed by atoms with Gasteiger partial charge in [-0.25, -0.2) is 9.67 Å². The highest BCUT2D eigenvalue weighted by Gasteiger charge is 1.99. The molecule has 1 aromatic rings. The van der Waals surface area contributed by atoms with E-state index in [1.165, 1.54) is 0 Å². The van der Waals surface area contributed by atoms with Crippen LogP contribution < -0.4 is 0 Å². The Kier molecular flexibility index (Phi) is 3.14. The molecule has 0 aromatic carbocycles. The third kappa shape index (κ3) is 2.67. The van der Waals surface area contributed by atoms with Crippen LogP contribution in [0.1, 0.15) is 0 Å². The van der Waals surface area contributed by atoms with E-state index < -0.39 is 0 Å². The highest BCUT2D eigenvalue weighted by atomic mass is 79.9. The number of nitrogens with zero attached hydrogens (tertiary/aromatic N) is 3. The normalized spacial score (nSPS) is 10.0. The van der Waals surface area contributed by atoms with Crippen molar-refractivity contribution in [3.63, 3.8) is 0 Å². The molecule has 3 nitrogen and oxygen atoms in total. The topological polar surface area (TPSA) is 30.7 Å². The van der Waals surface area contributed by atoms with Crippen LogP contribution in [0.25, 0.3) is 0 Å². The molecule has 0 aliphatic rings. The third-order valence-electron chi connectivity index (χ3n) is 1.03. The van der Waals surface area contributed by atoms with E-state index in [0.717, 1.165) is 15.4 Å². The molecule has 0 fully saturated rings. The van der Waals surface area contributed by atoms with Gasteiger partial charge in [-0.3, -0.25) is 0 Å². The van der Waals surface area contributed by atoms with Gasteiger partial charge in [0.2, 0.25) is 0 Å². The van der Waals surface area contributed by atoms with Gasteiger partial charge < -0.3 is 0 Å². The first kappa shape index (κ1) is 8.80. The standard InChI is InChI=1S/C6H8BrN3S/c1-5(7)3-11-6-8-4-9-10(6)2/h4H,1,3H2,2H3. The molecule has 0 saturated carbocycles. The second-order valence-corrected chi connectivity index (χ2v) is 4.04. The molecule has 0 N–H and O–H groups in total. The van der Waals surface area contributed by atoms with Gasteiger partial charge in [-0.05, 0) is 4.48 Å². The van der Waals surface area contributed by atoms with E-state index in [1.807, 2.05) is 7.05 Å². The van der Waals surface area contributed by atoms with Crippen molar-refractivity contribution in [3.8, 4) is 0 Å². The molecule has 60 valence electrons. The fraction of sp³-hybridized carbons (Fsp3) is 0.333. The quantitative estimate of drug-likeness (QED) is 0.747. The molecular formula is C6H8BrN3S. The van der Waals surface area contributed by atoms with Crippen LogP contribution in [0.3, 0.4) is 0 Å². The van der Waals surface area contributed by atoms with Crippen LogP contribution in [-0.4, -0.2) is 20.5 Å². The largest absolute Gasteiger partial charge is 0.244 e. The summed E-state index contributed by atoms with van der Waals surface area (Å²) in [4.78, 5) is 4.04. The summed E-state index contributed by atoms with van der Waals surface area (Å²) in [6.45, 7) is 3.72. The summed E-state index contributed by atoms with van der Waals surface area (Å²) in [5.41, 5.74) is 0. The molecule has 0 aliphatic heterocycles. The van der Waals surface area contributed by atoms with E-state index in [9.17, 15) is 0 Å². The molecular weight excluding hydrogens is 226 g/mol. The Morgan fingerprint density at radius 3 is 3.09 bits per heavy atom. The van der Waals surface area contributed by atoms with Crippen molar-refractivity contribution in [2.45, 2.75) is 5.16 Å². The predicted molar refractivity (Wildman–Crippen MR) is 49.8 cm³/mol. The Morgan fingerprint density at radius 1 is 1.91 bits per heavy atom. The molecule has 0 saturated heterocycles. The maximum absolute atomic E-state index is 4.04. The van der Waals surface area contributed by atoms with Gasteiger partial charge in [-0.1, -0.05) is 34.3 Å². The van der Waals surface area contributed by atoms with Gasteiger partial charge in [0.15, 0.2) is 5.16 Å². The van der Waals surface area contributed by atoms with Crippen LogP contribution in [0, 0.1) is 0 Å². The zero-order valence-electron chi connectivity index (χ0n) is 6.12. The number of halogens is 1. The number of hydrogen-bond acceptors (Lipinski definition) is 3. The highest BCUT2D eigenvalue weighted by Crippen LogP contribution is 2.18. The summed E-state index contributed by atoms with van der Waals surface area (Å²) in [5.74, 6) is 0.826. The Morgan fingerprint density at radius 2 is 2.64 bits per heavy atom. The van der Waals surface area contributed by atoms with Crippen molar-refractivity contribution in [1.29, 1.82) is 0 Å². The van der Waals surface area contributed by atoms with E-state index in [0.29, 0.717) is 0 Å². The van der Waals surface area contributed by atoms with Gasteiger partial charge in [0.05, 0.1) is 0 Å². The van der Waals surface area contributed by atoms with Crippen molar-refractivity contribution in [2.75, 3.05) is 5.75 Å². The molecule has 0 aliphatic carbocycles. The first-order chi connectivity index (χ1) is 5.20. The molecule has 0 spiro atoms. The molecule has 0 atom stereocenters. The second-order valence-electron chi connectivity index (χ2n) is 1.97. The van der Waals surface area contributed by atoms with Crippen molar-refractivity contribution >= 4 is 27.7 Å². The molecule has 1 aromatic heterocycles. The smallest absolute Gasteiger partial charge is 0.186 e. The molecule has 0 amide bonds. The van der Waals surface area contributed by atoms with Gasteiger partial charge in [-0.2, -0.15) is 5.10 Å². The summed E-state index contributed by atoms with van der Waals surface area (Å²) in [6.07, 6.45) is 1.54. The van der Waals surface area contributed by atoms with Gasteiger partial charge in [0, 0.05) is 12.8 Å². The minimum absolute atomic E-state index is 0.826. The summed E-state index contributed by atoms with van der Waals surface area (Å²) in [5, 5.41) is 4.84. The Bertz CT molecular complexity index is 258. The molecule has 11 heavy (non-hydrogen) atoms. The fourth-order valence-corrected chi connectivity index (χ4v) is 1.54. The van der Waals surface area contributed by atoms with Crippen molar-refractivity contribution < 1.29 is 0 Å². The van der Waals surface area contributed by atoms with Gasteiger partial charge in [-0.15, -0.1) is 0 Å². The molecule has 0 bridgehead atoms. The predicted octanol–water partition coefficient (Wildman–Crippen LogP) is 1.82. The summed E-state index contributed by atoms with van der Waals surface area (Å²) in [7, 11) is 1.87. The zero-order chi connectivity index (χ0) is 8.27. The van der Waals surface area contributed by atoms with Crippen LogP contribution in [0.4, 0.5) is 0 Å². The van der Waals surface area contributed by atoms with Crippen LogP contribution in [0.2, 0.25) is 0 Å². The Labute approximate surface area is 78.0 Å². The molecule has 1 heterocycles. The SMILES string of the molecule is C=C(Br)CSc1ncnn1C. The first-order valence-electron chi connectivity index (χ1n) is 3.00. The van der Waals surface area contributed by atoms with Crippen LogP contribution in [-0.2, 0) is 7.05 Å². The monoisotopic (exact) mass is 233 g/mol. The molecule has 0 radical (unpaired) electrons. The van der Waals surface area contributed by atoms with E-state index in [4.69, 9.17) is 0 Å². The minimum Gasteiger partial charge on any atom is -0.244 e. The molecule has 5 heteroatoms. The van der Waals surface area contributed by atoms with Gasteiger partial charge in [0.1, 0.15) is 6.33 Å². The minimum atomic E-state index is 0.826. The van der Waals surface area contributed by atoms with Crippen molar-refractivity contribution in [1.82, 2.24) is 14.8 Å². The number of thioether (sulfide) groups is 1. The lowest BCUT2D eigenvalue weighted by atomic mass is 10.8. The summed E-state index contributed by atoms with van der Waals surface area (Å²) < 4.78 is 2.70. The number of rotatable bonds is 3. The lowest BCUT2D eigenvalue weighted by Crippen LogP contribution is -1.93. The average Bonchev–Trinajstić information content (AvgIpc) is 2.31. The summed E-state index contributed by atoms with van der Waals surface area (Å²) >= 11 is 4.88. The number of aromatic nitrogens is 3. The van der Waals surface area contributed by atoms with Crippen LogP contribution in [0.5, 0.6) is 0 Å². The van der Waals surface area contributed by atoms with E-state index in [2.05, 4.69) is 32.6 Å². The van der Waals surface area contributed by atoms with Crippen LogP contribution >= 0.6 is 27.7 Å². The maximum Gasteiger partial charge on any atom is 0.186 e. The Hall–Kier alpha value is -0.290. The second kappa shape index (κ2) is 3.92. The van der Waals surface area contributed by atoms with E-state index in [-0.39, 0.29) is 0 Å². The van der Waals surface area contributed by atoms with Crippen molar-refractivity contribution in [2.24, 2.45) is 7.05 Å². The van der Waals surface area contributed by atoms with E-state index in [1.54, 1.807) is 22.8 Å². The number of hydrogen-bond donors (Lipinski definition) is 0. The Balaban J connectivity index is 2.51. The molecule has 0 unspecified atom stereocenters.